The van der Waals surface area contributed by atoms with Crippen molar-refractivity contribution in [3.63, 3.8) is 0 Å². The van der Waals surface area contributed by atoms with E-state index in [9.17, 15) is 9.59 Å². The number of anilines is 1. The summed E-state index contributed by atoms with van der Waals surface area (Å²) in [6.45, 7) is 3.80. The van der Waals surface area contributed by atoms with E-state index >= 15 is 0 Å². The number of carbonyl (C=O) groups excluding carboxylic acids is 2. The SMILES string of the molecule is Cc1cc(C(=O)OCC(=O)Nc2cccnc2Cl)c(C)n1Cc1ccco1. The van der Waals surface area contributed by atoms with E-state index in [1.165, 1.54) is 6.20 Å². The van der Waals surface area contributed by atoms with Crippen LogP contribution in [0.2, 0.25) is 5.15 Å². The number of hydrogen-bond acceptors (Lipinski definition) is 5. The highest BCUT2D eigenvalue weighted by Crippen LogP contribution is 2.19. The first-order valence-corrected chi connectivity index (χ1v) is 8.60. The molecule has 0 fully saturated rings. The third-order valence-electron chi connectivity index (χ3n) is 4.06. The molecule has 0 unspecified atom stereocenters. The molecule has 0 aliphatic carbocycles. The predicted molar refractivity (Wildman–Crippen MR) is 99.9 cm³/mol. The molecule has 8 heteroatoms. The zero-order chi connectivity index (χ0) is 19.4. The van der Waals surface area contributed by atoms with Crippen molar-refractivity contribution in [1.82, 2.24) is 9.55 Å². The fourth-order valence-electron chi connectivity index (χ4n) is 2.68. The van der Waals surface area contributed by atoms with Crippen LogP contribution in [0.15, 0.2) is 47.2 Å². The normalized spacial score (nSPS) is 10.6. The van der Waals surface area contributed by atoms with Gasteiger partial charge in [0.15, 0.2) is 11.8 Å². The Balaban J connectivity index is 1.63. The van der Waals surface area contributed by atoms with Crippen molar-refractivity contribution in [2.75, 3.05) is 11.9 Å². The van der Waals surface area contributed by atoms with Crippen molar-refractivity contribution in [2.24, 2.45) is 0 Å². The van der Waals surface area contributed by atoms with Crippen LogP contribution < -0.4 is 5.32 Å². The van der Waals surface area contributed by atoms with Gasteiger partial charge in [-0.25, -0.2) is 9.78 Å². The van der Waals surface area contributed by atoms with Crippen LogP contribution in [0.25, 0.3) is 0 Å². The van der Waals surface area contributed by atoms with Gasteiger partial charge in [-0.2, -0.15) is 0 Å². The van der Waals surface area contributed by atoms with Crippen LogP contribution in [-0.2, 0) is 16.1 Å². The molecule has 27 heavy (non-hydrogen) atoms. The Kier molecular flexibility index (Phi) is 5.61. The number of hydrogen-bond donors (Lipinski definition) is 1. The Morgan fingerprint density at radius 2 is 2.11 bits per heavy atom. The van der Waals surface area contributed by atoms with E-state index in [-0.39, 0.29) is 5.15 Å². The molecule has 0 saturated heterocycles. The summed E-state index contributed by atoms with van der Waals surface area (Å²) in [7, 11) is 0. The highest BCUT2D eigenvalue weighted by molar-refractivity contribution is 6.32. The van der Waals surface area contributed by atoms with Gasteiger partial charge >= 0.3 is 5.97 Å². The molecular formula is C19H18ClN3O4. The minimum absolute atomic E-state index is 0.165. The third kappa shape index (κ3) is 4.38. The van der Waals surface area contributed by atoms with Gasteiger partial charge in [0.1, 0.15) is 5.76 Å². The summed E-state index contributed by atoms with van der Waals surface area (Å²) in [5.74, 6) is -0.284. The molecule has 0 aliphatic rings. The molecule has 0 aliphatic heterocycles. The lowest BCUT2D eigenvalue weighted by atomic mass is 10.2. The van der Waals surface area contributed by atoms with Crippen LogP contribution >= 0.6 is 11.6 Å². The molecule has 0 atom stereocenters. The summed E-state index contributed by atoms with van der Waals surface area (Å²) in [5, 5.41) is 2.72. The molecule has 7 nitrogen and oxygen atoms in total. The number of rotatable bonds is 6. The molecule has 0 spiro atoms. The lowest BCUT2D eigenvalue weighted by molar-refractivity contribution is -0.119. The Bertz CT molecular complexity index is 964. The van der Waals surface area contributed by atoms with Gasteiger partial charge in [0.05, 0.1) is 24.1 Å². The Morgan fingerprint density at radius 3 is 2.81 bits per heavy atom. The topological polar surface area (TPSA) is 86.4 Å². The molecule has 3 heterocycles. The van der Waals surface area contributed by atoms with Crippen molar-refractivity contribution in [1.29, 1.82) is 0 Å². The summed E-state index contributed by atoms with van der Waals surface area (Å²) in [4.78, 5) is 28.2. The summed E-state index contributed by atoms with van der Waals surface area (Å²) in [6, 6.07) is 8.66. The Labute approximate surface area is 160 Å². The molecule has 0 bridgehead atoms. The minimum Gasteiger partial charge on any atom is -0.467 e. The molecule has 1 N–H and O–H groups in total. The van der Waals surface area contributed by atoms with Gasteiger partial charge in [-0.3, -0.25) is 4.79 Å². The van der Waals surface area contributed by atoms with Gasteiger partial charge in [0.2, 0.25) is 0 Å². The summed E-state index contributed by atoms with van der Waals surface area (Å²) < 4.78 is 12.4. The smallest absolute Gasteiger partial charge is 0.340 e. The number of furan rings is 1. The fraction of sp³-hybridized carbons (Fsp3) is 0.211. The molecular weight excluding hydrogens is 370 g/mol. The average Bonchev–Trinajstić information content (AvgIpc) is 3.25. The number of halogens is 1. The fourth-order valence-corrected chi connectivity index (χ4v) is 2.85. The van der Waals surface area contributed by atoms with E-state index in [2.05, 4.69) is 10.3 Å². The molecule has 3 aromatic rings. The quantitative estimate of drug-likeness (QED) is 0.516. The Hall–Kier alpha value is -3.06. The van der Waals surface area contributed by atoms with E-state index in [1.807, 2.05) is 30.5 Å². The molecule has 140 valence electrons. The lowest BCUT2D eigenvalue weighted by Crippen LogP contribution is -2.21. The highest BCUT2D eigenvalue weighted by atomic mass is 35.5. The second-order valence-corrected chi connectivity index (χ2v) is 6.27. The molecule has 3 rings (SSSR count). The van der Waals surface area contributed by atoms with Gasteiger partial charge in [-0.1, -0.05) is 11.6 Å². The van der Waals surface area contributed by atoms with Crippen molar-refractivity contribution in [2.45, 2.75) is 20.4 Å². The first-order valence-electron chi connectivity index (χ1n) is 8.22. The second-order valence-electron chi connectivity index (χ2n) is 5.92. The lowest BCUT2D eigenvalue weighted by Gasteiger charge is -2.09. The van der Waals surface area contributed by atoms with Crippen LogP contribution in [0.3, 0.4) is 0 Å². The minimum atomic E-state index is -0.568. The van der Waals surface area contributed by atoms with Crippen LogP contribution in [0, 0.1) is 13.8 Å². The third-order valence-corrected chi connectivity index (χ3v) is 4.36. The predicted octanol–water partition coefficient (Wildman–Crippen LogP) is 3.59. The van der Waals surface area contributed by atoms with Gasteiger partial charge in [0, 0.05) is 17.6 Å². The van der Waals surface area contributed by atoms with E-state index in [1.54, 1.807) is 24.5 Å². The number of pyridine rings is 1. The number of aromatic nitrogens is 2. The van der Waals surface area contributed by atoms with Crippen molar-refractivity contribution < 1.29 is 18.7 Å². The summed E-state index contributed by atoms with van der Waals surface area (Å²) in [6.07, 6.45) is 3.11. The monoisotopic (exact) mass is 387 g/mol. The van der Waals surface area contributed by atoms with Crippen molar-refractivity contribution in [3.05, 3.63) is 70.7 Å². The van der Waals surface area contributed by atoms with E-state index in [4.69, 9.17) is 20.8 Å². The maximum atomic E-state index is 12.4. The van der Waals surface area contributed by atoms with Gasteiger partial charge in [-0.15, -0.1) is 0 Å². The van der Waals surface area contributed by atoms with Crippen LogP contribution in [0.1, 0.15) is 27.5 Å². The van der Waals surface area contributed by atoms with Crippen LogP contribution in [-0.4, -0.2) is 28.0 Å². The Morgan fingerprint density at radius 1 is 1.30 bits per heavy atom. The number of aryl methyl sites for hydroxylation is 1. The molecule has 3 aromatic heterocycles. The molecule has 0 radical (unpaired) electrons. The van der Waals surface area contributed by atoms with Gasteiger partial charge in [0.25, 0.3) is 5.91 Å². The van der Waals surface area contributed by atoms with Gasteiger partial charge in [-0.05, 0) is 44.2 Å². The van der Waals surface area contributed by atoms with E-state index in [0.717, 1.165) is 17.1 Å². The van der Waals surface area contributed by atoms with E-state index < -0.39 is 18.5 Å². The number of esters is 1. The number of nitrogens with one attached hydrogen (secondary N) is 1. The van der Waals surface area contributed by atoms with Crippen molar-refractivity contribution in [3.8, 4) is 0 Å². The first kappa shape index (κ1) is 18.7. The van der Waals surface area contributed by atoms with E-state index in [0.29, 0.717) is 17.8 Å². The second kappa shape index (κ2) is 8.09. The maximum absolute atomic E-state index is 12.4. The first-order chi connectivity index (χ1) is 13.0. The average molecular weight is 388 g/mol. The zero-order valence-corrected chi connectivity index (χ0v) is 15.6. The standard InChI is InChI=1S/C19H18ClN3O4/c1-12-9-15(13(2)23(12)10-14-5-4-8-26-14)19(25)27-11-17(24)22-16-6-3-7-21-18(16)20/h3-9H,10-11H2,1-2H3,(H,22,24). The molecule has 0 saturated carbocycles. The largest absolute Gasteiger partial charge is 0.467 e. The van der Waals surface area contributed by atoms with Gasteiger partial charge < -0.3 is 19.0 Å². The molecule has 0 aromatic carbocycles. The maximum Gasteiger partial charge on any atom is 0.340 e. The zero-order valence-electron chi connectivity index (χ0n) is 14.9. The van der Waals surface area contributed by atoms with Crippen LogP contribution in [0.5, 0.6) is 0 Å². The van der Waals surface area contributed by atoms with Crippen molar-refractivity contribution >= 4 is 29.2 Å². The number of carbonyl (C=O) groups is 2. The summed E-state index contributed by atoms with van der Waals surface area (Å²) in [5.41, 5.74) is 2.40. The van der Waals surface area contributed by atoms with Crippen LogP contribution in [0.4, 0.5) is 5.69 Å². The number of ether oxygens (including phenoxy) is 1. The number of nitrogens with zero attached hydrogens (tertiary/aromatic N) is 2. The number of amides is 1. The highest BCUT2D eigenvalue weighted by Gasteiger charge is 2.19. The summed E-state index contributed by atoms with van der Waals surface area (Å²) >= 11 is 5.88. The molecule has 1 amide bonds.